The summed E-state index contributed by atoms with van der Waals surface area (Å²) in [5.74, 6) is -0.151. The minimum atomic E-state index is -0.487. The highest BCUT2D eigenvalue weighted by Crippen LogP contribution is 2.21. The normalized spacial score (nSPS) is 19.6. The Bertz CT molecular complexity index is 811. The highest BCUT2D eigenvalue weighted by atomic mass is 16.2. The van der Waals surface area contributed by atoms with Gasteiger partial charge in [-0.05, 0) is 56.6 Å². The van der Waals surface area contributed by atoms with Crippen LogP contribution in [0.2, 0.25) is 0 Å². The molecular formula is C22H28N4O2. The number of carbonyl (C=O) groups is 2. The third-order valence-corrected chi connectivity index (χ3v) is 5.70. The van der Waals surface area contributed by atoms with E-state index in [2.05, 4.69) is 10.2 Å². The zero-order valence-electron chi connectivity index (χ0n) is 16.2. The fourth-order valence-corrected chi connectivity index (χ4v) is 4.17. The smallest absolute Gasteiger partial charge is 0.271 e. The van der Waals surface area contributed by atoms with Crippen LogP contribution in [0.1, 0.15) is 35.3 Å². The molecule has 1 unspecified atom stereocenters. The second kappa shape index (κ2) is 8.61. The summed E-state index contributed by atoms with van der Waals surface area (Å²) in [5.41, 5.74) is 1.68. The summed E-state index contributed by atoms with van der Waals surface area (Å²) >= 11 is 0. The van der Waals surface area contributed by atoms with E-state index in [0.717, 1.165) is 18.5 Å². The van der Waals surface area contributed by atoms with Crippen molar-refractivity contribution in [2.75, 3.05) is 26.2 Å². The Balaban J connectivity index is 1.41. The second-order valence-electron chi connectivity index (χ2n) is 7.67. The molecule has 1 N–H and O–H groups in total. The Morgan fingerprint density at radius 2 is 1.86 bits per heavy atom. The number of likely N-dealkylation sites (tertiary alicyclic amines) is 1. The molecule has 3 heterocycles. The van der Waals surface area contributed by atoms with Gasteiger partial charge in [-0.25, -0.2) is 0 Å². The lowest BCUT2D eigenvalue weighted by Crippen LogP contribution is -2.54. The van der Waals surface area contributed by atoms with Crippen LogP contribution in [0, 0.1) is 0 Å². The van der Waals surface area contributed by atoms with Crippen LogP contribution in [0.3, 0.4) is 0 Å². The molecule has 0 bridgehead atoms. The van der Waals surface area contributed by atoms with Gasteiger partial charge in [-0.3, -0.25) is 9.59 Å². The van der Waals surface area contributed by atoms with E-state index in [4.69, 9.17) is 0 Å². The van der Waals surface area contributed by atoms with Crippen LogP contribution in [0.25, 0.3) is 0 Å². The predicted octanol–water partition coefficient (Wildman–Crippen LogP) is 2.11. The molecule has 1 saturated heterocycles. The van der Waals surface area contributed by atoms with Gasteiger partial charge in [-0.1, -0.05) is 30.3 Å². The molecule has 0 saturated carbocycles. The number of hydrogen-bond acceptors (Lipinski definition) is 3. The summed E-state index contributed by atoms with van der Waals surface area (Å²) in [7, 11) is 0. The van der Waals surface area contributed by atoms with Crippen molar-refractivity contribution in [3.05, 3.63) is 59.9 Å². The zero-order valence-corrected chi connectivity index (χ0v) is 16.2. The van der Waals surface area contributed by atoms with Crippen molar-refractivity contribution in [2.45, 2.75) is 38.4 Å². The molecule has 6 heteroatoms. The van der Waals surface area contributed by atoms with Crippen molar-refractivity contribution in [3.8, 4) is 0 Å². The van der Waals surface area contributed by atoms with Crippen LogP contribution in [-0.4, -0.2) is 58.4 Å². The van der Waals surface area contributed by atoms with Gasteiger partial charge in [0.05, 0.1) is 6.54 Å². The number of rotatable bonds is 7. The fourth-order valence-electron chi connectivity index (χ4n) is 4.17. The van der Waals surface area contributed by atoms with Crippen molar-refractivity contribution < 1.29 is 9.59 Å². The molecule has 2 amide bonds. The average molecular weight is 380 g/mol. The SMILES string of the molecule is O=C(NCCCN1CCCC1)C1Cn2cccc2C(=O)N1Cc1ccccc1. The molecule has 1 atom stereocenters. The molecule has 28 heavy (non-hydrogen) atoms. The Morgan fingerprint density at radius 3 is 2.64 bits per heavy atom. The van der Waals surface area contributed by atoms with Gasteiger partial charge in [0, 0.05) is 19.3 Å². The molecular weight excluding hydrogens is 352 g/mol. The van der Waals surface area contributed by atoms with E-state index in [-0.39, 0.29) is 11.8 Å². The number of hydrogen-bond donors (Lipinski definition) is 1. The van der Waals surface area contributed by atoms with Gasteiger partial charge in [-0.15, -0.1) is 0 Å². The van der Waals surface area contributed by atoms with E-state index in [1.807, 2.05) is 53.2 Å². The van der Waals surface area contributed by atoms with Crippen LogP contribution in [0.5, 0.6) is 0 Å². The van der Waals surface area contributed by atoms with Gasteiger partial charge in [0.25, 0.3) is 5.91 Å². The first-order valence-electron chi connectivity index (χ1n) is 10.2. The maximum absolute atomic E-state index is 13.0. The van der Waals surface area contributed by atoms with Gasteiger partial charge in [0.2, 0.25) is 5.91 Å². The molecule has 0 aliphatic carbocycles. The third-order valence-electron chi connectivity index (χ3n) is 5.70. The average Bonchev–Trinajstić information content (AvgIpc) is 3.40. The summed E-state index contributed by atoms with van der Waals surface area (Å²) in [6.07, 6.45) is 5.38. The first-order chi connectivity index (χ1) is 13.7. The van der Waals surface area contributed by atoms with Crippen LogP contribution in [-0.2, 0) is 17.9 Å². The fraction of sp³-hybridized carbons (Fsp3) is 0.455. The van der Waals surface area contributed by atoms with Crippen LogP contribution < -0.4 is 5.32 Å². The zero-order chi connectivity index (χ0) is 19.3. The molecule has 6 nitrogen and oxygen atoms in total. The van der Waals surface area contributed by atoms with Gasteiger partial charge >= 0.3 is 0 Å². The van der Waals surface area contributed by atoms with E-state index in [9.17, 15) is 9.59 Å². The molecule has 1 fully saturated rings. The summed E-state index contributed by atoms with van der Waals surface area (Å²) in [6.45, 7) is 4.96. The highest BCUT2D eigenvalue weighted by Gasteiger charge is 2.36. The molecule has 2 aliphatic rings. The number of carbonyl (C=O) groups excluding carboxylic acids is 2. The highest BCUT2D eigenvalue weighted by molar-refractivity contribution is 5.97. The largest absolute Gasteiger partial charge is 0.354 e. The van der Waals surface area contributed by atoms with E-state index < -0.39 is 6.04 Å². The third kappa shape index (κ3) is 4.12. The van der Waals surface area contributed by atoms with Crippen molar-refractivity contribution in [3.63, 3.8) is 0 Å². The van der Waals surface area contributed by atoms with E-state index in [1.54, 1.807) is 4.90 Å². The van der Waals surface area contributed by atoms with Crippen LogP contribution >= 0.6 is 0 Å². The minimum absolute atomic E-state index is 0.0648. The Labute approximate surface area is 166 Å². The molecule has 0 spiro atoms. The number of nitrogens with zero attached hydrogens (tertiary/aromatic N) is 3. The Kier molecular flexibility index (Phi) is 5.76. The van der Waals surface area contributed by atoms with Gasteiger partial charge < -0.3 is 19.7 Å². The second-order valence-corrected chi connectivity index (χ2v) is 7.67. The molecule has 2 aromatic rings. The van der Waals surface area contributed by atoms with Gasteiger partial charge in [0.1, 0.15) is 11.7 Å². The lowest BCUT2D eigenvalue weighted by Gasteiger charge is -2.35. The van der Waals surface area contributed by atoms with Crippen molar-refractivity contribution in [2.24, 2.45) is 0 Å². The van der Waals surface area contributed by atoms with E-state index in [0.29, 0.717) is 25.3 Å². The van der Waals surface area contributed by atoms with Crippen LogP contribution in [0.15, 0.2) is 48.7 Å². The molecule has 0 radical (unpaired) electrons. The first-order valence-corrected chi connectivity index (χ1v) is 10.2. The van der Waals surface area contributed by atoms with Crippen molar-refractivity contribution >= 4 is 11.8 Å². The first kappa shape index (κ1) is 18.7. The molecule has 4 rings (SSSR count). The Morgan fingerprint density at radius 1 is 1.07 bits per heavy atom. The predicted molar refractivity (Wildman–Crippen MR) is 108 cm³/mol. The molecule has 148 valence electrons. The lowest BCUT2D eigenvalue weighted by molar-refractivity contribution is -0.126. The van der Waals surface area contributed by atoms with Crippen molar-refractivity contribution in [1.82, 2.24) is 19.7 Å². The maximum atomic E-state index is 13.0. The van der Waals surface area contributed by atoms with Crippen molar-refractivity contribution in [1.29, 1.82) is 0 Å². The summed E-state index contributed by atoms with van der Waals surface area (Å²) in [4.78, 5) is 30.1. The Hall–Kier alpha value is -2.60. The number of benzene rings is 1. The topological polar surface area (TPSA) is 57.6 Å². The van der Waals surface area contributed by atoms with Gasteiger partial charge in [0.15, 0.2) is 0 Å². The summed E-state index contributed by atoms with van der Waals surface area (Å²) < 4.78 is 1.89. The standard InChI is InChI=1S/C22H28N4O2/c27-21(23-11-7-14-24-12-4-5-13-24)20-17-25-15-6-10-19(25)22(28)26(20)16-18-8-2-1-3-9-18/h1-3,6,8-10,15,20H,4-5,7,11-14,16-17H2,(H,23,27). The molecule has 2 aliphatic heterocycles. The lowest BCUT2D eigenvalue weighted by atomic mass is 10.1. The molecule has 1 aromatic heterocycles. The van der Waals surface area contributed by atoms with E-state index in [1.165, 1.54) is 25.9 Å². The molecule has 1 aromatic carbocycles. The van der Waals surface area contributed by atoms with E-state index >= 15 is 0 Å². The number of fused-ring (bicyclic) bond motifs is 1. The quantitative estimate of drug-likeness (QED) is 0.749. The van der Waals surface area contributed by atoms with Crippen LogP contribution in [0.4, 0.5) is 0 Å². The summed E-state index contributed by atoms with van der Waals surface area (Å²) in [6, 6.07) is 13.1. The number of nitrogens with one attached hydrogen (secondary N) is 1. The number of amides is 2. The number of aromatic nitrogens is 1. The minimum Gasteiger partial charge on any atom is -0.354 e. The summed E-state index contributed by atoms with van der Waals surface area (Å²) in [5, 5.41) is 3.06. The maximum Gasteiger partial charge on any atom is 0.271 e. The monoisotopic (exact) mass is 380 g/mol. The van der Waals surface area contributed by atoms with Gasteiger partial charge in [-0.2, -0.15) is 0 Å².